The van der Waals surface area contributed by atoms with Crippen LogP contribution in [0.1, 0.15) is 30.4 Å². The zero-order chi connectivity index (χ0) is 28.1. The first-order valence-electron chi connectivity index (χ1n) is 13.0. The summed E-state index contributed by atoms with van der Waals surface area (Å²) < 4.78 is 28.1. The monoisotopic (exact) mass is 552 g/mol. The van der Waals surface area contributed by atoms with Crippen molar-refractivity contribution in [2.24, 2.45) is 0 Å². The molecule has 0 radical (unpaired) electrons. The molecular weight excluding hydrogens is 520 g/mol. The normalized spacial score (nSPS) is 23.3. The van der Waals surface area contributed by atoms with E-state index in [0.29, 0.717) is 30.9 Å². The number of amides is 2. The molecule has 5 rings (SSSR count). The first-order valence-corrected chi connectivity index (χ1v) is 14.4. The summed E-state index contributed by atoms with van der Waals surface area (Å²) in [7, 11) is 1.36. The van der Waals surface area contributed by atoms with E-state index in [1.165, 1.54) is 38.4 Å². The largest absolute Gasteiger partial charge is 0.507 e. The highest BCUT2D eigenvalue weighted by Gasteiger charge is 2.66. The van der Waals surface area contributed by atoms with Crippen molar-refractivity contribution in [3.63, 3.8) is 0 Å². The smallest absolute Gasteiger partial charge is 0.296 e. The molecule has 2 fully saturated rings. The molecule has 2 amide bonds. The van der Waals surface area contributed by atoms with Gasteiger partial charge in [-0.15, -0.1) is 0 Å². The summed E-state index contributed by atoms with van der Waals surface area (Å²) in [6.45, 7) is 1.26. The van der Waals surface area contributed by atoms with Gasteiger partial charge in [-0.05, 0) is 45.1 Å². The summed E-state index contributed by atoms with van der Waals surface area (Å²) in [4.78, 5) is 45.5. The summed E-state index contributed by atoms with van der Waals surface area (Å²) >= 11 is 0. The number of carbonyl (C=O) groups excluding carboxylic acids is 3. The number of aliphatic hydroxyl groups is 1. The maximum atomic E-state index is 14.0. The molecule has 1 atom stereocenters. The summed E-state index contributed by atoms with van der Waals surface area (Å²) in [5, 5.41) is 11.6. The van der Waals surface area contributed by atoms with E-state index < -0.39 is 38.9 Å². The molecule has 1 spiro atoms. The second kappa shape index (κ2) is 9.89. The number of Topliss-reactive ketones (excluding diaryl/α,β-unsaturated/α-hetero) is 1. The predicted molar refractivity (Wildman–Crippen MR) is 145 cm³/mol. The Morgan fingerprint density at radius 2 is 1.69 bits per heavy atom. The molecule has 2 saturated heterocycles. The van der Waals surface area contributed by atoms with Crippen LogP contribution in [-0.2, 0) is 29.9 Å². The van der Waals surface area contributed by atoms with Crippen molar-refractivity contribution >= 4 is 39.1 Å². The van der Waals surface area contributed by atoms with E-state index in [1.807, 2.05) is 19.0 Å². The van der Waals surface area contributed by atoms with Crippen LogP contribution in [0.4, 0.5) is 5.69 Å². The minimum atomic E-state index is -3.83. The molecule has 0 aliphatic carbocycles. The van der Waals surface area contributed by atoms with Crippen molar-refractivity contribution in [1.29, 1.82) is 0 Å². The van der Waals surface area contributed by atoms with Crippen molar-refractivity contribution in [3.05, 3.63) is 65.2 Å². The van der Waals surface area contributed by atoms with Crippen molar-refractivity contribution in [3.8, 4) is 0 Å². The maximum absolute atomic E-state index is 14.0. The Morgan fingerprint density at radius 3 is 2.38 bits per heavy atom. The topological polar surface area (TPSA) is 119 Å². The Balaban J connectivity index is 1.71. The minimum absolute atomic E-state index is 0.0281. The highest BCUT2D eigenvalue weighted by atomic mass is 32.2. The van der Waals surface area contributed by atoms with Gasteiger partial charge >= 0.3 is 0 Å². The minimum Gasteiger partial charge on any atom is -0.507 e. The van der Waals surface area contributed by atoms with Gasteiger partial charge in [0.25, 0.3) is 17.6 Å². The molecule has 3 aliphatic rings. The molecule has 2 aromatic carbocycles. The van der Waals surface area contributed by atoms with Gasteiger partial charge in [0, 0.05) is 50.0 Å². The first kappa shape index (κ1) is 27.0. The summed E-state index contributed by atoms with van der Waals surface area (Å²) in [5.41, 5.74) is -1.26. The van der Waals surface area contributed by atoms with Gasteiger partial charge in [0.05, 0.1) is 10.5 Å². The van der Waals surface area contributed by atoms with E-state index >= 15 is 0 Å². The van der Waals surface area contributed by atoms with Crippen LogP contribution >= 0.6 is 0 Å². The molecule has 3 heterocycles. The van der Waals surface area contributed by atoms with Gasteiger partial charge in [0.15, 0.2) is 5.54 Å². The zero-order valence-electron chi connectivity index (χ0n) is 22.3. The number of carbonyl (C=O) groups is 3. The van der Waals surface area contributed by atoms with Gasteiger partial charge < -0.3 is 19.8 Å². The van der Waals surface area contributed by atoms with Gasteiger partial charge in [-0.1, -0.05) is 36.8 Å². The van der Waals surface area contributed by atoms with Crippen molar-refractivity contribution in [1.82, 2.24) is 14.1 Å². The van der Waals surface area contributed by atoms with Crippen molar-refractivity contribution in [2.45, 2.75) is 29.7 Å². The van der Waals surface area contributed by atoms with Gasteiger partial charge in [-0.25, -0.2) is 8.42 Å². The number of rotatable bonds is 6. The quantitative estimate of drug-likeness (QED) is 0.331. The van der Waals surface area contributed by atoms with Crippen LogP contribution < -0.4 is 4.90 Å². The number of benzene rings is 2. The fourth-order valence-corrected chi connectivity index (χ4v) is 7.34. The molecular formula is C28H32N4O6S. The lowest BCUT2D eigenvalue weighted by atomic mass is 9.82. The fourth-order valence-electron chi connectivity index (χ4n) is 5.77. The van der Waals surface area contributed by atoms with Crippen LogP contribution in [0.3, 0.4) is 0 Å². The van der Waals surface area contributed by atoms with Crippen molar-refractivity contribution < 1.29 is 27.9 Å². The van der Waals surface area contributed by atoms with E-state index in [0.717, 1.165) is 19.3 Å². The van der Waals surface area contributed by atoms with E-state index in [9.17, 15) is 27.9 Å². The van der Waals surface area contributed by atoms with Gasteiger partial charge in [0.1, 0.15) is 5.76 Å². The molecule has 39 heavy (non-hydrogen) atoms. The number of likely N-dealkylation sites (N-methyl/N-ethyl adjacent to an activating group) is 2. The number of aliphatic hydroxyl groups excluding tert-OH is 1. The molecule has 11 heteroatoms. The number of nitrogens with zero attached hydrogens (tertiary/aromatic N) is 4. The lowest BCUT2D eigenvalue weighted by molar-refractivity contribution is -0.143. The predicted octanol–water partition coefficient (Wildman–Crippen LogP) is 1.98. The number of hydrogen-bond acceptors (Lipinski definition) is 7. The molecule has 206 valence electrons. The first-order chi connectivity index (χ1) is 18.5. The SMILES string of the molecule is CN(C)CCN1C(=O)C(=O)C(=C(O)c2cccc(S(=O)(=O)N3CCCCC3)c2)[C@@]12C(=O)N(C)c1ccccc12. The third-order valence-electron chi connectivity index (χ3n) is 7.77. The number of piperidine rings is 1. The third kappa shape index (κ3) is 4.07. The molecule has 0 aromatic heterocycles. The van der Waals surface area contributed by atoms with Crippen LogP contribution in [0.2, 0.25) is 0 Å². The number of likely N-dealkylation sites (tertiary alicyclic amines) is 1. The van der Waals surface area contributed by atoms with Gasteiger partial charge in [-0.3, -0.25) is 14.4 Å². The van der Waals surface area contributed by atoms with Gasteiger partial charge in [-0.2, -0.15) is 4.31 Å². The van der Waals surface area contributed by atoms with E-state index in [1.54, 1.807) is 31.3 Å². The Bertz CT molecular complexity index is 1490. The average Bonchev–Trinajstić information content (AvgIpc) is 3.30. The van der Waals surface area contributed by atoms with Crippen LogP contribution in [0.15, 0.2) is 59.0 Å². The number of anilines is 1. The third-order valence-corrected chi connectivity index (χ3v) is 9.67. The number of fused-ring (bicyclic) bond motifs is 2. The Morgan fingerprint density at radius 1 is 1.00 bits per heavy atom. The maximum Gasteiger partial charge on any atom is 0.296 e. The van der Waals surface area contributed by atoms with E-state index in [2.05, 4.69) is 0 Å². The van der Waals surface area contributed by atoms with Crippen LogP contribution in [0.25, 0.3) is 5.76 Å². The fraction of sp³-hybridized carbons (Fsp3) is 0.393. The van der Waals surface area contributed by atoms with Crippen LogP contribution in [0.5, 0.6) is 0 Å². The zero-order valence-corrected chi connectivity index (χ0v) is 23.1. The molecule has 2 aromatic rings. The molecule has 10 nitrogen and oxygen atoms in total. The number of para-hydroxylation sites is 1. The van der Waals surface area contributed by atoms with E-state index in [4.69, 9.17) is 0 Å². The lowest BCUT2D eigenvalue weighted by Crippen LogP contribution is -2.52. The highest BCUT2D eigenvalue weighted by Crippen LogP contribution is 2.53. The molecule has 0 unspecified atom stereocenters. The Labute approximate surface area is 228 Å². The molecule has 0 saturated carbocycles. The highest BCUT2D eigenvalue weighted by molar-refractivity contribution is 7.89. The molecule has 0 bridgehead atoms. The Hall–Kier alpha value is -3.54. The second-order valence-corrected chi connectivity index (χ2v) is 12.3. The lowest BCUT2D eigenvalue weighted by Gasteiger charge is -2.34. The summed E-state index contributed by atoms with van der Waals surface area (Å²) in [6.07, 6.45) is 2.50. The molecule has 3 aliphatic heterocycles. The molecule has 1 N–H and O–H groups in total. The van der Waals surface area contributed by atoms with Gasteiger partial charge in [0.2, 0.25) is 10.0 Å². The van der Waals surface area contributed by atoms with Crippen LogP contribution in [0, 0.1) is 0 Å². The summed E-state index contributed by atoms with van der Waals surface area (Å²) in [6, 6.07) is 12.6. The standard InChI is InChI=1S/C28H32N4O6S/c1-29(2)16-17-32-26(35)25(34)23(28(32)21-12-5-6-13-22(21)30(3)27(28)36)24(33)19-10-9-11-20(18-19)39(37,38)31-14-7-4-8-15-31/h5-6,9-13,18,33H,4,7-8,14-17H2,1-3H3/t28-/m0/s1. The van der Waals surface area contributed by atoms with E-state index in [-0.39, 0.29) is 22.6 Å². The number of hydrogen-bond donors (Lipinski definition) is 1. The number of sulfonamides is 1. The Kier molecular flexibility index (Phi) is 6.86. The van der Waals surface area contributed by atoms with Crippen LogP contribution in [-0.4, -0.2) is 92.5 Å². The van der Waals surface area contributed by atoms with Crippen molar-refractivity contribution in [2.75, 3.05) is 52.2 Å². The second-order valence-electron chi connectivity index (χ2n) is 10.4. The summed E-state index contributed by atoms with van der Waals surface area (Å²) in [5.74, 6) is -3.02. The number of ketones is 1. The average molecular weight is 553 g/mol.